The number of fused-ring (bicyclic) bond motifs is 1. The van der Waals surface area contributed by atoms with Crippen LogP contribution in [0.3, 0.4) is 0 Å². The van der Waals surface area contributed by atoms with Crippen LogP contribution in [0.25, 0.3) is 10.8 Å². The molecule has 2 heterocycles. The van der Waals surface area contributed by atoms with Gasteiger partial charge < -0.3 is 16.4 Å². The van der Waals surface area contributed by atoms with Crippen molar-refractivity contribution in [1.82, 2.24) is 25.6 Å². The second kappa shape index (κ2) is 7.85. The molecule has 0 saturated carbocycles. The molecule has 3 aromatic rings. The van der Waals surface area contributed by atoms with Crippen LogP contribution < -0.4 is 16.4 Å². The predicted octanol–water partition coefficient (Wildman–Crippen LogP) is 1.79. The first-order valence-corrected chi connectivity index (χ1v) is 9.37. The van der Waals surface area contributed by atoms with Crippen LogP contribution in [0.4, 0.5) is 0 Å². The molecule has 0 spiro atoms. The van der Waals surface area contributed by atoms with Gasteiger partial charge in [0.25, 0.3) is 5.91 Å². The van der Waals surface area contributed by atoms with Crippen molar-refractivity contribution >= 4 is 16.7 Å². The maximum atomic E-state index is 12.7. The number of benzene rings is 2. The highest BCUT2D eigenvalue weighted by Crippen LogP contribution is 2.21. The van der Waals surface area contributed by atoms with E-state index in [0.29, 0.717) is 18.3 Å². The Morgan fingerprint density at radius 2 is 2.00 bits per heavy atom. The maximum Gasteiger partial charge on any atom is 0.273 e. The van der Waals surface area contributed by atoms with Crippen LogP contribution in [0.1, 0.15) is 41.0 Å². The van der Waals surface area contributed by atoms with Gasteiger partial charge in [0, 0.05) is 6.54 Å². The van der Waals surface area contributed by atoms with Crippen molar-refractivity contribution in [1.29, 1.82) is 0 Å². The highest BCUT2D eigenvalue weighted by molar-refractivity contribution is 5.92. The highest BCUT2D eigenvalue weighted by atomic mass is 16.2. The molecule has 0 bridgehead atoms. The number of hydrogen-bond donors (Lipinski definition) is 3. The van der Waals surface area contributed by atoms with Crippen LogP contribution in [0, 0.1) is 0 Å². The van der Waals surface area contributed by atoms with Crippen molar-refractivity contribution in [2.45, 2.75) is 24.9 Å². The number of nitrogens with one attached hydrogen (secondary N) is 2. The smallest absolute Gasteiger partial charge is 0.273 e. The zero-order chi connectivity index (χ0) is 18.6. The standard InChI is InChI=1S/C20H24N6O/c21-12-18(16-6-5-14-3-1-2-4-15(14)11-16)23-20(27)19-13-26(25-24-19)17-7-9-22-10-8-17/h1-6,11,13,17-18,22H,7-10,12,21H2,(H,23,27). The summed E-state index contributed by atoms with van der Waals surface area (Å²) in [5.74, 6) is -0.251. The minimum Gasteiger partial charge on any atom is -0.343 e. The van der Waals surface area contributed by atoms with E-state index in [1.54, 1.807) is 6.20 Å². The lowest BCUT2D eigenvalue weighted by Gasteiger charge is -2.22. The Morgan fingerprint density at radius 3 is 2.78 bits per heavy atom. The van der Waals surface area contributed by atoms with Crippen molar-refractivity contribution in [3.05, 3.63) is 59.9 Å². The fraction of sp³-hybridized carbons (Fsp3) is 0.350. The first kappa shape index (κ1) is 17.6. The molecule has 1 fully saturated rings. The van der Waals surface area contributed by atoms with Crippen molar-refractivity contribution < 1.29 is 4.79 Å². The normalized spacial score (nSPS) is 16.3. The van der Waals surface area contributed by atoms with Crippen LogP contribution in [-0.4, -0.2) is 40.5 Å². The Hall–Kier alpha value is -2.77. The summed E-state index contributed by atoms with van der Waals surface area (Å²) in [7, 11) is 0. The molecule has 0 radical (unpaired) electrons. The van der Waals surface area contributed by atoms with Crippen LogP contribution >= 0.6 is 0 Å². The Labute approximate surface area is 157 Å². The summed E-state index contributed by atoms with van der Waals surface area (Å²) in [5, 5.41) is 16.8. The highest BCUT2D eigenvalue weighted by Gasteiger charge is 2.21. The van der Waals surface area contributed by atoms with Gasteiger partial charge in [-0.15, -0.1) is 5.10 Å². The van der Waals surface area contributed by atoms with E-state index in [2.05, 4.69) is 39.1 Å². The number of aromatic nitrogens is 3. The third-order valence-electron chi connectivity index (χ3n) is 5.14. The van der Waals surface area contributed by atoms with Gasteiger partial charge >= 0.3 is 0 Å². The van der Waals surface area contributed by atoms with Gasteiger partial charge in [0.15, 0.2) is 5.69 Å². The minimum atomic E-state index is -0.272. The summed E-state index contributed by atoms with van der Waals surface area (Å²) >= 11 is 0. The molecule has 7 nitrogen and oxygen atoms in total. The lowest BCUT2D eigenvalue weighted by atomic mass is 10.0. The summed E-state index contributed by atoms with van der Waals surface area (Å²) in [6, 6.07) is 14.3. The molecule has 1 atom stereocenters. The summed E-state index contributed by atoms with van der Waals surface area (Å²) in [4.78, 5) is 12.7. The summed E-state index contributed by atoms with van der Waals surface area (Å²) in [6.45, 7) is 2.24. The number of piperidine rings is 1. The van der Waals surface area contributed by atoms with E-state index in [4.69, 9.17) is 5.73 Å². The first-order chi connectivity index (χ1) is 13.2. The number of nitrogens with zero attached hydrogens (tertiary/aromatic N) is 3. The van der Waals surface area contributed by atoms with Crippen molar-refractivity contribution in [2.75, 3.05) is 19.6 Å². The molecule has 2 aromatic carbocycles. The number of hydrogen-bond acceptors (Lipinski definition) is 5. The topological polar surface area (TPSA) is 97.9 Å². The Kier molecular flexibility index (Phi) is 5.13. The van der Waals surface area contributed by atoms with Gasteiger partial charge in [-0.3, -0.25) is 4.79 Å². The molecule has 1 amide bonds. The molecule has 1 aliphatic heterocycles. The van der Waals surface area contributed by atoms with Gasteiger partial charge in [0.1, 0.15) is 0 Å². The molecule has 140 valence electrons. The van der Waals surface area contributed by atoms with E-state index < -0.39 is 0 Å². The van der Waals surface area contributed by atoms with Crippen molar-refractivity contribution in [3.8, 4) is 0 Å². The van der Waals surface area contributed by atoms with E-state index in [-0.39, 0.29) is 11.9 Å². The zero-order valence-electron chi connectivity index (χ0n) is 15.1. The maximum absolute atomic E-state index is 12.7. The number of rotatable bonds is 5. The van der Waals surface area contributed by atoms with Crippen LogP contribution in [0.5, 0.6) is 0 Å². The Balaban J connectivity index is 1.49. The van der Waals surface area contributed by atoms with E-state index >= 15 is 0 Å². The second-order valence-electron chi connectivity index (χ2n) is 6.93. The van der Waals surface area contributed by atoms with E-state index in [0.717, 1.165) is 42.3 Å². The molecule has 27 heavy (non-hydrogen) atoms. The summed E-state index contributed by atoms with van der Waals surface area (Å²) < 4.78 is 1.81. The summed E-state index contributed by atoms with van der Waals surface area (Å²) in [5.41, 5.74) is 7.24. The van der Waals surface area contributed by atoms with Gasteiger partial charge in [0.2, 0.25) is 0 Å². The second-order valence-corrected chi connectivity index (χ2v) is 6.93. The number of carbonyl (C=O) groups excluding carboxylic acids is 1. The first-order valence-electron chi connectivity index (χ1n) is 9.37. The van der Waals surface area contributed by atoms with E-state index in [1.807, 2.05) is 28.9 Å². The van der Waals surface area contributed by atoms with Crippen LogP contribution in [0.15, 0.2) is 48.7 Å². The number of carbonyl (C=O) groups is 1. The molecule has 4 rings (SSSR count). The fourth-order valence-corrected chi connectivity index (χ4v) is 3.57. The lowest BCUT2D eigenvalue weighted by molar-refractivity contribution is 0.0932. The molecule has 1 unspecified atom stereocenters. The third kappa shape index (κ3) is 3.84. The molecule has 1 aromatic heterocycles. The van der Waals surface area contributed by atoms with Gasteiger partial charge in [-0.25, -0.2) is 4.68 Å². The van der Waals surface area contributed by atoms with Gasteiger partial charge in [-0.2, -0.15) is 0 Å². The Morgan fingerprint density at radius 1 is 1.22 bits per heavy atom. The van der Waals surface area contributed by atoms with Gasteiger partial charge in [-0.1, -0.05) is 41.6 Å². The van der Waals surface area contributed by atoms with Crippen LogP contribution in [-0.2, 0) is 0 Å². The lowest BCUT2D eigenvalue weighted by Crippen LogP contribution is -2.33. The van der Waals surface area contributed by atoms with E-state index in [9.17, 15) is 4.79 Å². The Bertz CT molecular complexity index is 931. The number of nitrogens with two attached hydrogens (primary N) is 1. The third-order valence-corrected chi connectivity index (χ3v) is 5.14. The average molecular weight is 364 g/mol. The summed E-state index contributed by atoms with van der Waals surface area (Å²) in [6.07, 6.45) is 3.72. The zero-order valence-corrected chi connectivity index (χ0v) is 15.1. The quantitative estimate of drug-likeness (QED) is 0.641. The molecule has 1 aliphatic rings. The van der Waals surface area contributed by atoms with Crippen molar-refractivity contribution in [2.24, 2.45) is 5.73 Å². The molecule has 4 N–H and O–H groups in total. The SMILES string of the molecule is NCC(NC(=O)c1cn(C2CCNCC2)nn1)c1ccc2ccccc2c1. The largest absolute Gasteiger partial charge is 0.343 e. The molecular weight excluding hydrogens is 340 g/mol. The monoisotopic (exact) mass is 364 g/mol. The van der Waals surface area contributed by atoms with E-state index in [1.165, 1.54) is 0 Å². The van der Waals surface area contributed by atoms with Crippen molar-refractivity contribution in [3.63, 3.8) is 0 Å². The number of amides is 1. The molecule has 7 heteroatoms. The molecule has 0 aliphatic carbocycles. The molecule has 1 saturated heterocycles. The fourth-order valence-electron chi connectivity index (χ4n) is 3.57. The molecular formula is C20H24N6O. The average Bonchev–Trinajstić information content (AvgIpc) is 3.22. The van der Waals surface area contributed by atoms with Gasteiger partial charge in [-0.05, 0) is 48.3 Å². The van der Waals surface area contributed by atoms with Gasteiger partial charge in [0.05, 0.1) is 18.3 Å². The van der Waals surface area contributed by atoms with Crippen LogP contribution in [0.2, 0.25) is 0 Å². The predicted molar refractivity (Wildman–Crippen MR) is 104 cm³/mol. The minimum absolute atomic E-state index is 0.251.